The van der Waals surface area contributed by atoms with Gasteiger partial charge in [-0.2, -0.15) is 5.26 Å². The Kier molecular flexibility index (Phi) is 4.18. The number of carbonyl (C=O) groups excluding carboxylic acids is 1. The molecule has 0 radical (unpaired) electrons. The highest BCUT2D eigenvalue weighted by molar-refractivity contribution is 5.94. The highest BCUT2D eigenvalue weighted by atomic mass is 16.2. The molecule has 0 aliphatic heterocycles. The summed E-state index contributed by atoms with van der Waals surface area (Å²) in [6.45, 7) is 0. The van der Waals surface area contributed by atoms with E-state index in [1.165, 1.54) is 0 Å². The van der Waals surface area contributed by atoms with Crippen molar-refractivity contribution in [2.24, 2.45) is 5.73 Å². The number of hydrogen-bond donors (Lipinski definition) is 1. The largest absolute Gasteiger partial charge is 0.339 e. The third-order valence-corrected chi connectivity index (χ3v) is 3.85. The first-order chi connectivity index (χ1) is 9.11. The molecule has 1 aromatic rings. The van der Waals surface area contributed by atoms with Gasteiger partial charge in [0.05, 0.1) is 11.6 Å². The van der Waals surface area contributed by atoms with Crippen LogP contribution in [0.2, 0.25) is 0 Å². The van der Waals surface area contributed by atoms with Gasteiger partial charge in [-0.25, -0.2) is 0 Å². The van der Waals surface area contributed by atoms with E-state index >= 15 is 0 Å². The standard InChI is InChI=1S/C15H19N3O/c1-18(14-7-5-13(17)6-8-14)15(19)12-4-2-3-11(9-12)10-16/h2-4,9,13-14H,5-8,17H2,1H3. The number of nitriles is 1. The van der Waals surface area contributed by atoms with Crippen molar-refractivity contribution in [2.75, 3.05) is 7.05 Å². The van der Waals surface area contributed by atoms with E-state index in [0.717, 1.165) is 25.7 Å². The summed E-state index contributed by atoms with van der Waals surface area (Å²) in [5, 5.41) is 8.87. The molecule has 4 heteroatoms. The summed E-state index contributed by atoms with van der Waals surface area (Å²) in [6, 6.07) is 9.46. The second-order valence-corrected chi connectivity index (χ2v) is 5.18. The minimum Gasteiger partial charge on any atom is -0.339 e. The van der Waals surface area contributed by atoms with Crippen molar-refractivity contribution >= 4 is 5.91 Å². The number of rotatable bonds is 2. The lowest BCUT2D eigenvalue weighted by atomic mass is 9.90. The first-order valence-electron chi connectivity index (χ1n) is 6.64. The van der Waals surface area contributed by atoms with Crippen LogP contribution in [0.4, 0.5) is 0 Å². The SMILES string of the molecule is CN(C(=O)c1cccc(C#N)c1)C1CCC(N)CC1. The molecule has 0 bridgehead atoms. The van der Waals surface area contributed by atoms with Gasteiger partial charge in [0, 0.05) is 24.7 Å². The van der Waals surface area contributed by atoms with Crippen molar-refractivity contribution in [3.63, 3.8) is 0 Å². The van der Waals surface area contributed by atoms with Gasteiger partial charge in [0.15, 0.2) is 0 Å². The lowest BCUT2D eigenvalue weighted by molar-refractivity contribution is 0.0690. The molecular weight excluding hydrogens is 238 g/mol. The second-order valence-electron chi connectivity index (χ2n) is 5.18. The fourth-order valence-corrected chi connectivity index (χ4v) is 2.58. The van der Waals surface area contributed by atoms with Gasteiger partial charge >= 0.3 is 0 Å². The van der Waals surface area contributed by atoms with Crippen molar-refractivity contribution in [2.45, 2.75) is 37.8 Å². The Balaban J connectivity index is 2.08. The topological polar surface area (TPSA) is 70.1 Å². The fraction of sp³-hybridized carbons (Fsp3) is 0.467. The molecule has 0 heterocycles. The van der Waals surface area contributed by atoms with Crippen LogP contribution >= 0.6 is 0 Å². The first-order valence-corrected chi connectivity index (χ1v) is 6.64. The number of amides is 1. The average Bonchev–Trinajstić information content (AvgIpc) is 2.46. The van der Waals surface area contributed by atoms with Gasteiger partial charge in [0.1, 0.15) is 0 Å². The second kappa shape index (κ2) is 5.85. The molecule has 1 amide bonds. The minimum absolute atomic E-state index is 0.0161. The van der Waals surface area contributed by atoms with Gasteiger partial charge in [-0.1, -0.05) is 6.07 Å². The summed E-state index contributed by atoms with van der Waals surface area (Å²) in [5.41, 5.74) is 6.98. The minimum atomic E-state index is -0.0161. The number of benzene rings is 1. The van der Waals surface area contributed by atoms with E-state index in [2.05, 4.69) is 6.07 Å². The predicted octanol–water partition coefficient (Wildman–Crippen LogP) is 1.90. The maximum atomic E-state index is 12.4. The first kappa shape index (κ1) is 13.6. The molecule has 1 aliphatic carbocycles. The normalized spacial score (nSPS) is 22.6. The quantitative estimate of drug-likeness (QED) is 0.879. The molecule has 0 atom stereocenters. The van der Waals surface area contributed by atoms with Crippen molar-refractivity contribution in [3.8, 4) is 6.07 Å². The molecule has 1 aromatic carbocycles. The molecule has 0 spiro atoms. The van der Waals surface area contributed by atoms with Crippen LogP contribution in [0.15, 0.2) is 24.3 Å². The van der Waals surface area contributed by atoms with Gasteiger partial charge in [0.2, 0.25) is 0 Å². The van der Waals surface area contributed by atoms with Crippen molar-refractivity contribution in [1.29, 1.82) is 5.26 Å². The summed E-state index contributed by atoms with van der Waals surface area (Å²) in [7, 11) is 1.84. The van der Waals surface area contributed by atoms with E-state index in [4.69, 9.17) is 11.0 Å². The van der Waals surface area contributed by atoms with Gasteiger partial charge in [-0.05, 0) is 43.9 Å². The molecule has 0 aromatic heterocycles. The molecule has 19 heavy (non-hydrogen) atoms. The van der Waals surface area contributed by atoms with Crippen LogP contribution in [-0.4, -0.2) is 29.9 Å². The summed E-state index contributed by atoms with van der Waals surface area (Å²) in [5.74, 6) is -0.0161. The Morgan fingerprint density at radius 2 is 2.05 bits per heavy atom. The average molecular weight is 257 g/mol. The lowest BCUT2D eigenvalue weighted by Crippen LogP contribution is -2.41. The summed E-state index contributed by atoms with van der Waals surface area (Å²) >= 11 is 0. The third kappa shape index (κ3) is 3.12. The Morgan fingerprint density at radius 3 is 2.68 bits per heavy atom. The number of hydrogen-bond acceptors (Lipinski definition) is 3. The monoisotopic (exact) mass is 257 g/mol. The van der Waals surface area contributed by atoms with Gasteiger partial charge in [0.25, 0.3) is 5.91 Å². The Bertz CT molecular complexity index is 498. The molecule has 1 fully saturated rings. The molecule has 4 nitrogen and oxygen atoms in total. The van der Waals surface area contributed by atoms with E-state index in [-0.39, 0.29) is 18.0 Å². The van der Waals surface area contributed by atoms with Crippen LogP contribution in [-0.2, 0) is 0 Å². The van der Waals surface area contributed by atoms with Crippen LogP contribution < -0.4 is 5.73 Å². The van der Waals surface area contributed by atoms with Gasteiger partial charge < -0.3 is 10.6 Å². The van der Waals surface area contributed by atoms with E-state index < -0.39 is 0 Å². The van der Waals surface area contributed by atoms with Crippen LogP contribution in [0.25, 0.3) is 0 Å². The number of nitrogens with zero attached hydrogens (tertiary/aromatic N) is 2. The van der Waals surface area contributed by atoms with Crippen LogP contribution in [0.5, 0.6) is 0 Å². The lowest BCUT2D eigenvalue weighted by Gasteiger charge is -2.33. The fourth-order valence-electron chi connectivity index (χ4n) is 2.58. The maximum Gasteiger partial charge on any atom is 0.253 e. The van der Waals surface area contributed by atoms with E-state index in [0.29, 0.717) is 11.1 Å². The summed E-state index contributed by atoms with van der Waals surface area (Å²) in [6.07, 6.45) is 3.86. The van der Waals surface area contributed by atoms with Gasteiger partial charge in [-0.3, -0.25) is 4.79 Å². The molecule has 1 aliphatic rings. The zero-order chi connectivity index (χ0) is 13.8. The van der Waals surface area contributed by atoms with E-state index in [1.807, 2.05) is 7.05 Å². The molecule has 0 unspecified atom stereocenters. The molecule has 0 saturated heterocycles. The maximum absolute atomic E-state index is 12.4. The highest BCUT2D eigenvalue weighted by Gasteiger charge is 2.25. The molecule has 100 valence electrons. The smallest absolute Gasteiger partial charge is 0.253 e. The van der Waals surface area contributed by atoms with Gasteiger partial charge in [-0.15, -0.1) is 0 Å². The summed E-state index contributed by atoms with van der Waals surface area (Å²) < 4.78 is 0. The molecule has 2 rings (SSSR count). The highest BCUT2D eigenvalue weighted by Crippen LogP contribution is 2.22. The zero-order valence-electron chi connectivity index (χ0n) is 11.2. The van der Waals surface area contributed by atoms with E-state index in [1.54, 1.807) is 29.2 Å². The van der Waals surface area contributed by atoms with Crippen molar-refractivity contribution in [1.82, 2.24) is 4.90 Å². The Labute approximate surface area is 113 Å². The van der Waals surface area contributed by atoms with Crippen molar-refractivity contribution in [3.05, 3.63) is 35.4 Å². The van der Waals surface area contributed by atoms with Crippen molar-refractivity contribution < 1.29 is 4.79 Å². The molecule has 1 saturated carbocycles. The molecular formula is C15H19N3O. The Morgan fingerprint density at radius 1 is 1.37 bits per heavy atom. The third-order valence-electron chi connectivity index (χ3n) is 3.85. The number of nitrogens with two attached hydrogens (primary N) is 1. The zero-order valence-corrected chi connectivity index (χ0v) is 11.2. The van der Waals surface area contributed by atoms with Crippen LogP contribution in [0.3, 0.4) is 0 Å². The van der Waals surface area contributed by atoms with E-state index in [9.17, 15) is 4.79 Å². The summed E-state index contributed by atoms with van der Waals surface area (Å²) in [4.78, 5) is 14.2. The Hall–Kier alpha value is -1.86. The predicted molar refractivity (Wildman–Crippen MR) is 73.5 cm³/mol. The van der Waals surface area contributed by atoms with Crippen LogP contribution in [0.1, 0.15) is 41.6 Å². The number of carbonyl (C=O) groups is 1. The van der Waals surface area contributed by atoms with Crippen LogP contribution in [0, 0.1) is 11.3 Å². The molecule has 2 N–H and O–H groups in total.